The first-order valence-corrected chi connectivity index (χ1v) is 10.8. The van der Waals surface area contributed by atoms with E-state index < -0.39 is 0 Å². The van der Waals surface area contributed by atoms with Gasteiger partial charge in [-0.3, -0.25) is 4.90 Å². The molecule has 26 heavy (non-hydrogen) atoms. The molecule has 1 nitrogen and oxygen atoms in total. The maximum Gasteiger partial charge on any atom is 0.0578 e. The molecule has 2 heteroatoms. The van der Waals surface area contributed by atoms with E-state index in [1.807, 2.05) is 0 Å². The van der Waals surface area contributed by atoms with Gasteiger partial charge in [-0.25, -0.2) is 0 Å². The molecular weight excluding hydrogens is 382 g/mol. The average molecular weight is 406 g/mol. The van der Waals surface area contributed by atoms with Gasteiger partial charge in [0.25, 0.3) is 0 Å². The van der Waals surface area contributed by atoms with Crippen LogP contribution in [0.3, 0.4) is 0 Å². The van der Waals surface area contributed by atoms with Gasteiger partial charge in [0.15, 0.2) is 0 Å². The van der Waals surface area contributed by atoms with E-state index in [1.165, 1.54) is 46.8 Å². The molecule has 0 radical (unpaired) electrons. The quantitative estimate of drug-likeness (QED) is 0.579. The van der Waals surface area contributed by atoms with Gasteiger partial charge in [0.1, 0.15) is 0 Å². The van der Waals surface area contributed by atoms with Crippen LogP contribution in [-0.2, 0) is 6.42 Å². The second kappa shape index (κ2) is 5.33. The standard InChI is InChI=1S/C24H24BrN/c1-15-10-21-20-5-3-2-4-18(20)11-22(21)23(17-6-8-19(25)9-7-17)26(15)24-12-16(13-24)14-24/h2-9,15-16,23H,10-14H2,1H3/t15-,16?,23-,24?/m1/s1. The molecule has 0 amide bonds. The number of hydrogen-bond acceptors (Lipinski definition) is 1. The van der Waals surface area contributed by atoms with Crippen LogP contribution in [0.4, 0.5) is 0 Å². The normalized spacial score (nSPS) is 34.8. The lowest BCUT2D eigenvalue weighted by Crippen LogP contribution is -2.71. The van der Waals surface area contributed by atoms with E-state index >= 15 is 0 Å². The molecule has 0 spiro atoms. The van der Waals surface area contributed by atoms with Crippen molar-refractivity contribution in [3.63, 3.8) is 0 Å². The summed E-state index contributed by atoms with van der Waals surface area (Å²) in [7, 11) is 0. The summed E-state index contributed by atoms with van der Waals surface area (Å²) in [4.78, 5) is 2.93. The minimum atomic E-state index is 0.454. The number of hydrogen-bond donors (Lipinski definition) is 0. The fourth-order valence-electron chi connectivity index (χ4n) is 6.27. The Kier molecular flexibility index (Phi) is 3.21. The van der Waals surface area contributed by atoms with Crippen molar-refractivity contribution in [3.05, 3.63) is 75.3 Å². The highest BCUT2D eigenvalue weighted by atomic mass is 79.9. The Morgan fingerprint density at radius 3 is 2.42 bits per heavy atom. The maximum atomic E-state index is 3.62. The van der Waals surface area contributed by atoms with Crippen LogP contribution in [0.15, 0.2) is 58.6 Å². The van der Waals surface area contributed by atoms with E-state index in [1.54, 1.807) is 11.1 Å². The highest BCUT2D eigenvalue weighted by Crippen LogP contribution is 2.65. The molecule has 132 valence electrons. The topological polar surface area (TPSA) is 3.24 Å². The molecule has 0 aromatic heterocycles. The lowest BCUT2D eigenvalue weighted by molar-refractivity contribution is -0.173. The third-order valence-electron chi connectivity index (χ3n) is 7.43. The van der Waals surface area contributed by atoms with Crippen LogP contribution in [0.25, 0.3) is 5.57 Å². The number of rotatable bonds is 2. The molecule has 1 aliphatic heterocycles. The SMILES string of the molecule is C[C@@H]1CC2=C(Cc3ccccc32)[C@@H](c2ccc(Br)cc2)N1C12CC(C1)C2. The first-order valence-electron chi connectivity index (χ1n) is 9.99. The summed E-state index contributed by atoms with van der Waals surface area (Å²) in [6.07, 6.45) is 6.64. The third kappa shape index (κ3) is 2.00. The first-order chi connectivity index (χ1) is 12.6. The molecule has 4 aliphatic carbocycles. The summed E-state index contributed by atoms with van der Waals surface area (Å²) in [6.45, 7) is 2.47. The third-order valence-corrected chi connectivity index (χ3v) is 7.96. The Bertz CT molecular complexity index is 908. The zero-order valence-electron chi connectivity index (χ0n) is 15.2. The monoisotopic (exact) mass is 405 g/mol. The van der Waals surface area contributed by atoms with E-state index in [-0.39, 0.29) is 0 Å². The Hall–Kier alpha value is -1.38. The van der Waals surface area contributed by atoms with Crippen LogP contribution in [0, 0.1) is 5.92 Å². The zero-order valence-corrected chi connectivity index (χ0v) is 16.8. The molecule has 3 fully saturated rings. The summed E-state index contributed by atoms with van der Waals surface area (Å²) in [5, 5.41) is 0. The second-order valence-electron chi connectivity index (χ2n) is 8.95. The number of nitrogens with zero attached hydrogens (tertiary/aromatic N) is 1. The van der Waals surface area contributed by atoms with E-state index in [4.69, 9.17) is 0 Å². The van der Waals surface area contributed by atoms with Gasteiger partial charge in [0.05, 0.1) is 6.04 Å². The van der Waals surface area contributed by atoms with Gasteiger partial charge in [-0.15, -0.1) is 0 Å². The largest absolute Gasteiger partial charge is 0.284 e. The molecule has 0 saturated heterocycles. The highest BCUT2D eigenvalue weighted by molar-refractivity contribution is 9.10. The number of benzene rings is 2. The predicted octanol–water partition coefficient (Wildman–Crippen LogP) is 6.15. The van der Waals surface area contributed by atoms with Crippen molar-refractivity contribution in [2.24, 2.45) is 5.92 Å². The molecule has 1 heterocycles. The summed E-state index contributed by atoms with van der Waals surface area (Å²) >= 11 is 3.62. The highest BCUT2D eigenvalue weighted by Gasteiger charge is 2.63. The second-order valence-corrected chi connectivity index (χ2v) is 9.87. The maximum absolute atomic E-state index is 3.62. The summed E-state index contributed by atoms with van der Waals surface area (Å²) in [5.74, 6) is 1.02. The van der Waals surface area contributed by atoms with Crippen molar-refractivity contribution in [3.8, 4) is 0 Å². The molecule has 0 N–H and O–H groups in total. The predicted molar refractivity (Wildman–Crippen MR) is 110 cm³/mol. The Morgan fingerprint density at radius 2 is 1.73 bits per heavy atom. The molecule has 0 unspecified atom stereocenters. The van der Waals surface area contributed by atoms with Crippen LogP contribution in [0.5, 0.6) is 0 Å². The van der Waals surface area contributed by atoms with Crippen LogP contribution >= 0.6 is 15.9 Å². The lowest BCUT2D eigenvalue weighted by Gasteiger charge is -2.70. The van der Waals surface area contributed by atoms with Crippen LogP contribution < -0.4 is 0 Å². The zero-order chi connectivity index (χ0) is 17.5. The summed E-state index contributed by atoms with van der Waals surface area (Å²) in [6, 6.07) is 19.3. The minimum Gasteiger partial charge on any atom is -0.284 e. The van der Waals surface area contributed by atoms with Crippen molar-refractivity contribution < 1.29 is 0 Å². The van der Waals surface area contributed by atoms with Crippen molar-refractivity contribution in [2.45, 2.75) is 56.7 Å². The number of halogens is 1. The summed E-state index contributed by atoms with van der Waals surface area (Å²) < 4.78 is 1.17. The molecule has 2 aromatic carbocycles. The Labute approximate surface area is 164 Å². The fraction of sp³-hybridized carbons (Fsp3) is 0.417. The van der Waals surface area contributed by atoms with Gasteiger partial charge in [0, 0.05) is 16.1 Å². The van der Waals surface area contributed by atoms with Gasteiger partial charge < -0.3 is 0 Å². The Morgan fingerprint density at radius 1 is 1.00 bits per heavy atom. The van der Waals surface area contributed by atoms with Crippen molar-refractivity contribution >= 4 is 21.5 Å². The lowest BCUT2D eigenvalue weighted by atomic mass is 9.48. The molecule has 7 rings (SSSR count). The van der Waals surface area contributed by atoms with E-state index in [2.05, 4.69) is 76.3 Å². The van der Waals surface area contributed by atoms with E-state index in [9.17, 15) is 0 Å². The van der Waals surface area contributed by atoms with Gasteiger partial charge in [-0.1, -0.05) is 52.3 Å². The molecule has 2 aromatic rings. The van der Waals surface area contributed by atoms with Crippen molar-refractivity contribution in [2.75, 3.05) is 0 Å². The van der Waals surface area contributed by atoms with Crippen LogP contribution in [0.1, 0.15) is 55.3 Å². The van der Waals surface area contributed by atoms with Gasteiger partial charge in [-0.2, -0.15) is 0 Å². The average Bonchev–Trinajstić information content (AvgIpc) is 2.92. The molecule has 2 atom stereocenters. The summed E-state index contributed by atoms with van der Waals surface area (Å²) in [5.41, 5.74) is 8.35. The smallest absolute Gasteiger partial charge is 0.0578 e. The van der Waals surface area contributed by atoms with Crippen molar-refractivity contribution in [1.82, 2.24) is 4.90 Å². The Balaban J connectivity index is 1.51. The molecular formula is C24H24BrN. The molecule has 5 aliphatic rings. The van der Waals surface area contributed by atoms with E-state index in [0.29, 0.717) is 17.6 Å². The first kappa shape index (κ1) is 15.7. The van der Waals surface area contributed by atoms with Gasteiger partial charge in [-0.05, 0) is 84.9 Å². The molecule has 3 saturated carbocycles. The fourth-order valence-corrected chi connectivity index (χ4v) is 6.53. The van der Waals surface area contributed by atoms with Crippen LogP contribution in [-0.4, -0.2) is 16.5 Å². The number of fused-ring (bicyclic) bond motifs is 2. The van der Waals surface area contributed by atoms with E-state index in [0.717, 1.165) is 12.3 Å². The van der Waals surface area contributed by atoms with Gasteiger partial charge in [0.2, 0.25) is 0 Å². The van der Waals surface area contributed by atoms with Crippen molar-refractivity contribution in [1.29, 1.82) is 0 Å². The minimum absolute atomic E-state index is 0.454. The van der Waals surface area contributed by atoms with Gasteiger partial charge >= 0.3 is 0 Å². The van der Waals surface area contributed by atoms with Crippen LogP contribution in [0.2, 0.25) is 0 Å². The molecule has 2 bridgehead atoms.